The molecule has 0 atom stereocenters. The van der Waals surface area contributed by atoms with Crippen molar-refractivity contribution in [3.8, 4) is 0 Å². The molecule has 2 fully saturated rings. The van der Waals surface area contributed by atoms with Crippen LogP contribution in [-0.2, 0) is 4.79 Å². The van der Waals surface area contributed by atoms with Crippen LogP contribution in [0.25, 0.3) is 0 Å². The highest BCUT2D eigenvalue weighted by Crippen LogP contribution is 2.27. The number of amides is 3. The van der Waals surface area contributed by atoms with E-state index in [1.165, 1.54) is 0 Å². The van der Waals surface area contributed by atoms with Crippen molar-refractivity contribution < 1.29 is 9.59 Å². The van der Waals surface area contributed by atoms with Gasteiger partial charge in [-0.05, 0) is 31.9 Å². The van der Waals surface area contributed by atoms with Gasteiger partial charge in [0.25, 0.3) is 0 Å². The van der Waals surface area contributed by atoms with Gasteiger partial charge in [0.1, 0.15) is 5.82 Å². The second-order valence-electron chi connectivity index (χ2n) is 5.54. The van der Waals surface area contributed by atoms with E-state index >= 15 is 0 Å². The van der Waals surface area contributed by atoms with Gasteiger partial charge in [-0.2, -0.15) is 0 Å². The van der Waals surface area contributed by atoms with Crippen molar-refractivity contribution in [3.05, 3.63) is 18.3 Å². The molecule has 21 heavy (non-hydrogen) atoms. The number of hydrogen-bond donors (Lipinski definition) is 1. The first-order chi connectivity index (χ1) is 10.2. The van der Waals surface area contributed by atoms with Gasteiger partial charge in [-0.15, -0.1) is 0 Å². The van der Waals surface area contributed by atoms with E-state index in [9.17, 15) is 9.59 Å². The van der Waals surface area contributed by atoms with Gasteiger partial charge in [-0.1, -0.05) is 6.42 Å². The molecule has 2 heterocycles. The Morgan fingerprint density at radius 3 is 2.71 bits per heavy atom. The molecule has 3 rings (SSSR count). The van der Waals surface area contributed by atoms with Crippen molar-refractivity contribution in [2.45, 2.75) is 26.2 Å². The predicted molar refractivity (Wildman–Crippen MR) is 80.2 cm³/mol. The maximum absolute atomic E-state index is 12.1. The van der Waals surface area contributed by atoms with E-state index in [1.807, 2.05) is 6.92 Å². The third-order valence-electron chi connectivity index (χ3n) is 4.24. The lowest BCUT2D eigenvalue weighted by Crippen LogP contribution is -2.32. The maximum Gasteiger partial charge on any atom is 0.325 e. The summed E-state index contributed by atoms with van der Waals surface area (Å²) >= 11 is 0. The number of urea groups is 1. The fraction of sp³-hybridized carbons (Fsp3) is 0.533. The summed E-state index contributed by atoms with van der Waals surface area (Å²) in [5.74, 6) is 0.866. The predicted octanol–water partition coefficient (Wildman–Crippen LogP) is 2.08. The molecule has 112 valence electrons. The number of likely N-dealkylation sites (N-methyl/N-ethyl adjacent to an activating group) is 1. The Morgan fingerprint density at radius 2 is 2.19 bits per heavy atom. The van der Waals surface area contributed by atoms with E-state index in [1.54, 1.807) is 28.1 Å². The Balaban J connectivity index is 1.64. The number of carbonyl (C=O) groups excluding carboxylic acids is 2. The molecule has 2 aliphatic rings. The zero-order valence-electron chi connectivity index (χ0n) is 12.2. The summed E-state index contributed by atoms with van der Waals surface area (Å²) < 4.78 is 0. The highest BCUT2D eigenvalue weighted by Gasteiger charge is 2.29. The average molecular weight is 288 g/mol. The van der Waals surface area contributed by atoms with Crippen LogP contribution in [0.1, 0.15) is 26.2 Å². The normalized spacial score (nSPS) is 18.8. The SMILES string of the molecule is CCN1CCN(c2ccc(NC(=O)C3CCC3)cn2)C1=O. The first-order valence-electron chi connectivity index (χ1n) is 7.52. The van der Waals surface area contributed by atoms with Crippen LogP contribution in [0.15, 0.2) is 18.3 Å². The number of nitrogens with one attached hydrogen (secondary N) is 1. The standard InChI is InChI=1S/C15H20N4O2/c1-2-18-8-9-19(15(18)21)13-7-6-12(10-16-13)17-14(20)11-4-3-5-11/h6-7,10-11H,2-5,8-9H2,1H3,(H,17,20). The zero-order valence-corrected chi connectivity index (χ0v) is 12.2. The van der Waals surface area contributed by atoms with Crippen molar-refractivity contribution in [2.75, 3.05) is 29.9 Å². The molecule has 0 radical (unpaired) electrons. The number of aromatic nitrogens is 1. The van der Waals surface area contributed by atoms with Gasteiger partial charge in [0.05, 0.1) is 11.9 Å². The molecule has 0 bridgehead atoms. The number of pyridine rings is 1. The molecule has 0 aromatic carbocycles. The largest absolute Gasteiger partial charge is 0.325 e. The van der Waals surface area contributed by atoms with E-state index in [0.717, 1.165) is 25.8 Å². The molecular formula is C15H20N4O2. The minimum absolute atomic E-state index is 0.00347. The van der Waals surface area contributed by atoms with Crippen molar-refractivity contribution in [1.82, 2.24) is 9.88 Å². The minimum Gasteiger partial charge on any atom is -0.324 e. The monoisotopic (exact) mass is 288 g/mol. The van der Waals surface area contributed by atoms with Gasteiger partial charge in [0.15, 0.2) is 0 Å². The molecule has 1 saturated heterocycles. The van der Waals surface area contributed by atoms with E-state index < -0.39 is 0 Å². The molecule has 0 spiro atoms. The summed E-state index contributed by atoms with van der Waals surface area (Å²) in [6, 6.07) is 3.59. The molecule has 1 aliphatic carbocycles. The number of anilines is 2. The van der Waals surface area contributed by atoms with Crippen LogP contribution >= 0.6 is 0 Å². The Kier molecular flexibility index (Phi) is 3.77. The third kappa shape index (κ3) is 2.70. The van der Waals surface area contributed by atoms with Crippen molar-refractivity contribution in [3.63, 3.8) is 0 Å². The number of rotatable bonds is 4. The van der Waals surface area contributed by atoms with E-state index in [2.05, 4.69) is 10.3 Å². The Hall–Kier alpha value is -2.11. The first kappa shape index (κ1) is 13.9. The topological polar surface area (TPSA) is 65.5 Å². The molecule has 3 amide bonds. The summed E-state index contributed by atoms with van der Waals surface area (Å²) in [7, 11) is 0. The third-order valence-corrected chi connectivity index (χ3v) is 4.24. The van der Waals surface area contributed by atoms with Crippen LogP contribution in [0.4, 0.5) is 16.3 Å². The van der Waals surface area contributed by atoms with Crippen LogP contribution in [0.5, 0.6) is 0 Å². The minimum atomic E-state index is -0.00347. The smallest absolute Gasteiger partial charge is 0.324 e. The molecule has 1 aromatic rings. The molecular weight excluding hydrogens is 268 g/mol. The summed E-state index contributed by atoms with van der Waals surface area (Å²) in [4.78, 5) is 31.7. The van der Waals surface area contributed by atoms with Crippen molar-refractivity contribution >= 4 is 23.4 Å². The lowest BCUT2D eigenvalue weighted by molar-refractivity contribution is -0.122. The maximum atomic E-state index is 12.1. The van der Waals surface area contributed by atoms with Crippen LogP contribution in [0.2, 0.25) is 0 Å². The lowest BCUT2D eigenvalue weighted by atomic mass is 9.85. The Labute approximate surface area is 124 Å². The van der Waals surface area contributed by atoms with Gasteiger partial charge in [0, 0.05) is 25.6 Å². The van der Waals surface area contributed by atoms with Gasteiger partial charge < -0.3 is 10.2 Å². The Bertz CT molecular complexity index is 539. The van der Waals surface area contributed by atoms with Crippen molar-refractivity contribution in [1.29, 1.82) is 0 Å². The molecule has 0 unspecified atom stereocenters. The Morgan fingerprint density at radius 1 is 1.38 bits per heavy atom. The highest BCUT2D eigenvalue weighted by molar-refractivity contribution is 5.94. The van der Waals surface area contributed by atoms with Gasteiger partial charge in [-0.25, -0.2) is 9.78 Å². The van der Waals surface area contributed by atoms with Crippen LogP contribution in [0, 0.1) is 5.92 Å². The average Bonchev–Trinajstić information content (AvgIpc) is 2.79. The van der Waals surface area contributed by atoms with Gasteiger partial charge in [-0.3, -0.25) is 9.69 Å². The quantitative estimate of drug-likeness (QED) is 0.922. The molecule has 1 aliphatic heterocycles. The molecule has 1 aromatic heterocycles. The lowest BCUT2D eigenvalue weighted by Gasteiger charge is -2.24. The summed E-state index contributed by atoms with van der Waals surface area (Å²) in [6.45, 7) is 4.07. The second kappa shape index (κ2) is 5.71. The van der Waals surface area contributed by atoms with Crippen LogP contribution in [-0.4, -0.2) is 41.5 Å². The van der Waals surface area contributed by atoms with E-state index in [-0.39, 0.29) is 17.9 Å². The van der Waals surface area contributed by atoms with E-state index in [4.69, 9.17) is 0 Å². The number of nitrogens with zero attached hydrogens (tertiary/aromatic N) is 3. The fourth-order valence-corrected chi connectivity index (χ4v) is 2.62. The summed E-state index contributed by atoms with van der Waals surface area (Å²) in [5, 5.41) is 2.88. The van der Waals surface area contributed by atoms with Crippen LogP contribution < -0.4 is 10.2 Å². The number of hydrogen-bond acceptors (Lipinski definition) is 3. The van der Waals surface area contributed by atoms with E-state index in [0.29, 0.717) is 24.6 Å². The summed E-state index contributed by atoms with van der Waals surface area (Å²) in [5.41, 5.74) is 0.689. The fourth-order valence-electron chi connectivity index (χ4n) is 2.62. The molecule has 6 heteroatoms. The van der Waals surface area contributed by atoms with Crippen LogP contribution in [0.3, 0.4) is 0 Å². The first-order valence-corrected chi connectivity index (χ1v) is 7.52. The molecule has 1 saturated carbocycles. The second-order valence-corrected chi connectivity index (χ2v) is 5.54. The molecule has 6 nitrogen and oxygen atoms in total. The zero-order chi connectivity index (χ0) is 14.8. The van der Waals surface area contributed by atoms with Gasteiger partial charge >= 0.3 is 6.03 Å². The van der Waals surface area contributed by atoms with Gasteiger partial charge in [0.2, 0.25) is 5.91 Å². The highest BCUT2D eigenvalue weighted by atomic mass is 16.2. The summed E-state index contributed by atoms with van der Waals surface area (Å²) in [6.07, 6.45) is 4.72. The van der Waals surface area contributed by atoms with Crippen molar-refractivity contribution in [2.24, 2.45) is 5.92 Å². The number of carbonyl (C=O) groups is 2. The molecule has 1 N–H and O–H groups in total.